The number of fused-ring (bicyclic) bond motifs is 5. The number of ketones is 1. The lowest BCUT2D eigenvalue weighted by Gasteiger charge is -2.10. The number of nitrogens with zero attached hydrogens (tertiary/aromatic N) is 2. The van der Waals surface area contributed by atoms with Crippen LogP contribution in [0, 0.1) is 0 Å². The fourth-order valence-electron chi connectivity index (χ4n) is 4.16. The third kappa shape index (κ3) is 2.18. The number of benzene rings is 2. The molecule has 0 unspecified atom stereocenters. The van der Waals surface area contributed by atoms with Gasteiger partial charge in [-0.25, -0.2) is 0 Å². The molecule has 0 atom stereocenters. The number of hydrogen-bond donors (Lipinski definition) is 0. The van der Waals surface area contributed by atoms with Crippen molar-refractivity contribution in [2.45, 2.75) is 33.4 Å². The molecular formula is C22H24N2O2. The van der Waals surface area contributed by atoms with E-state index in [1.54, 1.807) is 14.0 Å². The van der Waals surface area contributed by atoms with Gasteiger partial charge < -0.3 is 14.2 Å². The summed E-state index contributed by atoms with van der Waals surface area (Å²) in [4.78, 5) is 14.3. The number of methoxy groups -OCH3 is 1. The Balaban J connectivity index is 2.17. The number of carbonyl (C=O) groups excluding carboxylic acids is 1. The van der Waals surface area contributed by atoms with Crippen molar-refractivity contribution in [1.29, 1.82) is 0 Å². The van der Waals surface area contributed by atoms with Gasteiger partial charge in [0.2, 0.25) is 0 Å². The molecule has 0 spiro atoms. The molecule has 0 radical (unpaired) electrons. The van der Waals surface area contributed by atoms with Gasteiger partial charge in [-0.15, -0.1) is 0 Å². The molecule has 1 aromatic heterocycles. The molecule has 0 amide bonds. The van der Waals surface area contributed by atoms with Crippen molar-refractivity contribution in [2.24, 2.45) is 0 Å². The number of hydrogen-bond acceptors (Lipinski definition) is 3. The molecule has 2 aromatic carbocycles. The molecule has 134 valence electrons. The van der Waals surface area contributed by atoms with Crippen LogP contribution in [0.4, 0.5) is 0 Å². The highest BCUT2D eigenvalue weighted by Crippen LogP contribution is 2.41. The molecule has 0 bridgehead atoms. The maximum absolute atomic E-state index is 12.2. The van der Waals surface area contributed by atoms with Crippen molar-refractivity contribution in [3.8, 4) is 5.75 Å². The molecule has 0 saturated heterocycles. The summed E-state index contributed by atoms with van der Waals surface area (Å²) in [5.41, 5.74) is 6.53. The number of carbonyl (C=O) groups is 1. The number of ether oxygens (including phenoxy) is 1. The molecule has 1 aliphatic heterocycles. The van der Waals surface area contributed by atoms with Gasteiger partial charge in [0, 0.05) is 53.8 Å². The normalized spacial score (nSPS) is 13.7. The Morgan fingerprint density at radius 3 is 2.69 bits per heavy atom. The van der Waals surface area contributed by atoms with E-state index in [0.717, 1.165) is 36.1 Å². The summed E-state index contributed by atoms with van der Waals surface area (Å²) < 4.78 is 7.86. The van der Waals surface area contributed by atoms with E-state index in [2.05, 4.69) is 42.2 Å². The van der Waals surface area contributed by atoms with Gasteiger partial charge in [-0.05, 0) is 31.0 Å². The second kappa shape index (κ2) is 5.90. The van der Waals surface area contributed by atoms with Gasteiger partial charge in [0.15, 0.2) is 5.78 Å². The summed E-state index contributed by atoms with van der Waals surface area (Å²) in [6.07, 6.45) is 1.04. The third-order valence-electron chi connectivity index (χ3n) is 5.45. The molecular weight excluding hydrogens is 324 g/mol. The highest BCUT2D eigenvalue weighted by atomic mass is 16.5. The van der Waals surface area contributed by atoms with Crippen molar-refractivity contribution in [3.05, 3.63) is 47.5 Å². The fraction of sp³-hybridized carbons (Fsp3) is 0.318. The molecule has 3 aromatic rings. The predicted octanol–water partition coefficient (Wildman–Crippen LogP) is 4.83. The highest BCUT2D eigenvalue weighted by molar-refractivity contribution is 6.14. The Hall–Kier alpha value is -2.75. The largest absolute Gasteiger partial charge is 0.496 e. The molecule has 1 aliphatic rings. The van der Waals surface area contributed by atoms with Gasteiger partial charge >= 0.3 is 0 Å². The second-order valence-corrected chi connectivity index (χ2v) is 7.07. The maximum Gasteiger partial charge on any atom is 0.163 e. The summed E-state index contributed by atoms with van der Waals surface area (Å²) in [5, 5.41) is 2.36. The van der Waals surface area contributed by atoms with Gasteiger partial charge in [-0.3, -0.25) is 4.79 Å². The highest BCUT2D eigenvalue weighted by Gasteiger charge is 2.25. The number of aryl methyl sites for hydroxylation is 1. The molecule has 0 saturated carbocycles. The van der Waals surface area contributed by atoms with Crippen molar-refractivity contribution in [1.82, 2.24) is 9.47 Å². The lowest BCUT2D eigenvalue weighted by Crippen LogP contribution is -2.06. The quantitative estimate of drug-likeness (QED) is 0.633. The van der Waals surface area contributed by atoms with E-state index in [4.69, 9.17) is 4.74 Å². The van der Waals surface area contributed by atoms with Crippen LogP contribution in [-0.2, 0) is 13.1 Å². The average molecular weight is 348 g/mol. The minimum Gasteiger partial charge on any atom is -0.496 e. The smallest absolute Gasteiger partial charge is 0.163 e. The number of aromatic nitrogens is 1. The number of rotatable bonds is 4. The first kappa shape index (κ1) is 16.7. The monoisotopic (exact) mass is 348 g/mol. The standard InChI is InChI=1S/C22H24N2O2/c1-6-9-24-19-8-7-15-13(2)23(4)12-18(15)22(19)17-10-16(14(3)25)21(26-5)11-20(17)24/h7-8,10-11H,2,6,9,12H2,1,3-5H3. The summed E-state index contributed by atoms with van der Waals surface area (Å²) in [6.45, 7) is 9.77. The summed E-state index contributed by atoms with van der Waals surface area (Å²) in [6, 6.07) is 8.39. The van der Waals surface area contributed by atoms with Gasteiger partial charge in [-0.2, -0.15) is 0 Å². The zero-order valence-corrected chi connectivity index (χ0v) is 15.8. The van der Waals surface area contributed by atoms with Crippen LogP contribution in [0.2, 0.25) is 0 Å². The lowest BCUT2D eigenvalue weighted by molar-refractivity contribution is 0.101. The first-order chi connectivity index (χ1) is 12.5. The Labute approximate surface area is 153 Å². The van der Waals surface area contributed by atoms with E-state index < -0.39 is 0 Å². The van der Waals surface area contributed by atoms with Crippen molar-refractivity contribution in [2.75, 3.05) is 14.2 Å². The van der Waals surface area contributed by atoms with E-state index in [9.17, 15) is 4.79 Å². The summed E-state index contributed by atoms with van der Waals surface area (Å²) >= 11 is 0. The first-order valence-electron chi connectivity index (χ1n) is 9.05. The van der Waals surface area contributed by atoms with Crippen molar-refractivity contribution < 1.29 is 9.53 Å². The van der Waals surface area contributed by atoms with Crippen LogP contribution < -0.4 is 4.74 Å². The molecule has 4 heteroatoms. The Morgan fingerprint density at radius 1 is 1.27 bits per heavy atom. The molecule has 4 nitrogen and oxygen atoms in total. The lowest BCUT2D eigenvalue weighted by atomic mass is 10.00. The van der Waals surface area contributed by atoms with E-state index in [1.807, 2.05) is 12.1 Å². The van der Waals surface area contributed by atoms with Crippen LogP contribution in [-0.4, -0.2) is 29.4 Å². The van der Waals surface area contributed by atoms with Crippen LogP contribution in [0.1, 0.15) is 41.8 Å². The van der Waals surface area contributed by atoms with Crippen LogP contribution >= 0.6 is 0 Å². The molecule has 26 heavy (non-hydrogen) atoms. The van der Waals surface area contributed by atoms with Crippen molar-refractivity contribution in [3.63, 3.8) is 0 Å². The van der Waals surface area contributed by atoms with E-state index in [0.29, 0.717) is 11.3 Å². The van der Waals surface area contributed by atoms with Gasteiger partial charge in [0.25, 0.3) is 0 Å². The Bertz CT molecular complexity index is 1080. The fourth-order valence-corrected chi connectivity index (χ4v) is 4.16. The van der Waals surface area contributed by atoms with E-state index >= 15 is 0 Å². The minimum atomic E-state index is 0.0224. The third-order valence-corrected chi connectivity index (χ3v) is 5.45. The zero-order valence-electron chi connectivity index (χ0n) is 15.8. The zero-order chi connectivity index (χ0) is 18.6. The Kier molecular flexibility index (Phi) is 3.79. The van der Waals surface area contributed by atoms with Crippen LogP contribution in [0.3, 0.4) is 0 Å². The number of Topliss-reactive ketones (excluding diaryl/α,β-unsaturated/α-hetero) is 1. The topological polar surface area (TPSA) is 34.5 Å². The van der Waals surface area contributed by atoms with Crippen LogP contribution in [0.15, 0.2) is 30.8 Å². The summed E-state index contributed by atoms with van der Waals surface area (Å²) in [7, 11) is 3.69. The van der Waals surface area contributed by atoms with Gasteiger partial charge in [-0.1, -0.05) is 19.6 Å². The van der Waals surface area contributed by atoms with Crippen LogP contribution in [0.25, 0.3) is 27.5 Å². The molecule has 4 rings (SSSR count). The second-order valence-electron chi connectivity index (χ2n) is 7.07. The molecule has 2 heterocycles. The average Bonchev–Trinajstić information content (AvgIpc) is 3.09. The predicted molar refractivity (Wildman–Crippen MR) is 107 cm³/mol. The van der Waals surface area contributed by atoms with E-state index in [1.165, 1.54) is 22.0 Å². The van der Waals surface area contributed by atoms with Gasteiger partial charge in [0.05, 0.1) is 18.2 Å². The van der Waals surface area contributed by atoms with Crippen molar-refractivity contribution >= 4 is 33.3 Å². The summed E-state index contributed by atoms with van der Waals surface area (Å²) in [5.74, 6) is 0.664. The maximum atomic E-state index is 12.2. The Morgan fingerprint density at radius 2 is 2.04 bits per heavy atom. The van der Waals surface area contributed by atoms with Crippen LogP contribution in [0.5, 0.6) is 5.75 Å². The van der Waals surface area contributed by atoms with Gasteiger partial charge in [0.1, 0.15) is 5.75 Å². The minimum absolute atomic E-state index is 0.0224. The SMILES string of the molecule is C=C1c2ccc3c(c2CN1C)c1cc(C(C)=O)c(OC)cc1n3CCC. The first-order valence-corrected chi connectivity index (χ1v) is 9.05. The molecule has 0 aliphatic carbocycles. The molecule has 0 fully saturated rings. The van der Waals surface area contributed by atoms with E-state index in [-0.39, 0.29) is 5.78 Å². The molecule has 0 N–H and O–H groups in total.